The monoisotopic (exact) mass is 733 g/mol. The summed E-state index contributed by atoms with van der Waals surface area (Å²) in [5.41, 5.74) is -1.75. The molecule has 2 aliphatic heterocycles. The average Bonchev–Trinajstić information content (AvgIpc) is 3.14. The number of carbonyl (C=O) groups is 1. The number of aromatic nitrogens is 2. The van der Waals surface area contributed by atoms with E-state index >= 15 is 0 Å². The first-order valence-corrected chi connectivity index (χ1v) is 15.6. The fourth-order valence-corrected chi connectivity index (χ4v) is 6.06. The highest BCUT2D eigenvalue weighted by molar-refractivity contribution is 14.1. The van der Waals surface area contributed by atoms with Crippen LogP contribution in [0.3, 0.4) is 0 Å². The molecule has 2 saturated heterocycles. The maximum atomic E-state index is 12.4. The number of phosphoric acid groups is 2. The molecule has 0 radical (unpaired) electrons. The molecule has 20 nitrogen and oxygen atoms in total. The van der Waals surface area contributed by atoms with Crippen LogP contribution in [-0.2, 0) is 36.8 Å². The van der Waals surface area contributed by atoms with Crippen molar-refractivity contribution in [1.29, 1.82) is 0 Å². The Balaban J connectivity index is 1.60. The van der Waals surface area contributed by atoms with Gasteiger partial charge in [-0.15, -0.1) is 0 Å². The lowest BCUT2D eigenvalue weighted by molar-refractivity contribution is -0.273. The van der Waals surface area contributed by atoms with E-state index in [2.05, 4.69) is 18.7 Å². The van der Waals surface area contributed by atoms with Gasteiger partial charge in [-0.2, -0.15) is 4.31 Å². The van der Waals surface area contributed by atoms with E-state index in [4.69, 9.17) is 9.47 Å². The van der Waals surface area contributed by atoms with Gasteiger partial charge in [0.2, 0.25) is 5.91 Å². The minimum Gasteiger partial charge on any atom is -0.388 e. The third-order valence-electron chi connectivity index (χ3n) is 5.60. The van der Waals surface area contributed by atoms with Gasteiger partial charge in [-0.1, -0.05) is 22.6 Å². The standard InChI is InChI=1S/C17H26IN3O17P2/c18-3-9(23)19-4-6-10(24)12(26)14(28)16(36-6)37-40(32,33)38-39(30,31)34-5-7-11(25)13(27)15(35-7)21-2-1-8(22)20-17(21)29/h1-2,6-7,10-16,24-28H,3-5H2,(H,19,23)(H,30,31)(H,32,33)(H,20,22,29). The summed E-state index contributed by atoms with van der Waals surface area (Å²) in [4.78, 5) is 56.3. The van der Waals surface area contributed by atoms with Gasteiger partial charge in [-0.25, -0.2) is 13.9 Å². The van der Waals surface area contributed by atoms with E-state index in [-0.39, 0.29) is 4.43 Å². The summed E-state index contributed by atoms with van der Waals surface area (Å²) in [6.45, 7) is -1.45. The summed E-state index contributed by atoms with van der Waals surface area (Å²) >= 11 is 1.74. The number of alkyl halides is 1. The van der Waals surface area contributed by atoms with E-state index in [0.29, 0.717) is 0 Å². The molecule has 3 rings (SSSR count). The van der Waals surface area contributed by atoms with Crippen LogP contribution >= 0.6 is 38.2 Å². The molecule has 11 atom stereocenters. The van der Waals surface area contributed by atoms with Crippen molar-refractivity contribution < 1.29 is 72.1 Å². The predicted octanol–water partition coefficient (Wildman–Crippen LogP) is -4.23. The third-order valence-corrected chi connectivity index (χ3v) is 8.89. The third kappa shape index (κ3) is 8.24. The molecule has 9 N–H and O–H groups in total. The highest BCUT2D eigenvalue weighted by atomic mass is 127. The number of halogens is 1. The normalized spacial score (nSPS) is 35.5. The lowest BCUT2D eigenvalue weighted by Gasteiger charge is -2.40. The van der Waals surface area contributed by atoms with Gasteiger partial charge in [-0.3, -0.25) is 28.2 Å². The molecule has 40 heavy (non-hydrogen) atoms. The molecule has 0 bridgehead atoms. The van der Waals surface area contributed by atoms with Crippen molar-refractivity contribution in [3.05, 3.63) is 33.1 Å². The van der Waals surface area contributed by atoms with E-state index in [1.165, 1.54) is 0 Å². The van der Waals surface area contributed by atoms with Crippen molar-refractivity contribution in [3.8, 4) is 0 Å². The Labute approximate surface area is 236 Å². The molecule has 0 spiro atoms. The minimum absolute atomic E-state index is 0.0331. The summed E-state index contributed by atoms with van der Waals surface area (Å²) in [6.07, 6.45) is -15.3. The summed E-state index contributed by atoms with van der Waals surface area (Å²) in [6, 6.07) is 0.929. The van der Waals surface area contributed by atoms with Crippen molar-refractivity contribution in [3.63, 3.8) is 0 Å². The van der Waals surface area contributed by atoms with Crippen molar-refractivity contribution in [2.45, 2.75) is 55.2 Å². The van der Waals surface area contributed by atoms with Gasteiger partial charge in [0.1, 0.15) is 42.7 Å². The predicted molar refractivity (Wildman–Crippen MR) is 134 cm³/mol. The van der Waals surface area contributed by atoms with Gasteiger partial charge in [0, 0.05) is 18.8 Å². The van der Waals surface area contributed by atoms with Crippen LogP contribution in [0, 0.1) is 0 Å². The molecule has 0 saturated carbocycles. The second kappa shape index (κ2) is 13.4. The number of nitrogens with zero attached hydrogens (tertiary/aromatic N) is 1. The highest BCUT2D eigenvalue weighted by Gasteiger charge is 2.49. The smallest absolute Gasteiger partial charge is 0.388 e. The Kier molecular flexibility index (Phi) is 11.2. The molecule has 228 valence electrons. The van der Waals surface area contributed by atoms with Crippen LogP contribution in [0.25, 0.3) is 0 Å². The number of aromatic amines is 1. The molecule has 2 aliphatic rings. The molecule has 3 heterocycles. The highest BCUT2D eigenvalue weighted by Crippen LogP contribution is 2.61. The van der Waals surface area contributed by atoms with Gasteiger partial charge >= 0.3 is 21.3 Å². The van der Waals surface area contributed by atoms with Crippen LogP contribution in [0.1, 0.15) is 6.23 Å². The number of phosphoric ester groups is 2. The van der Waals surface area contributed by atoms with Gasteiger partial charge < -0.3 is 50.1 Å². The lowest BCUT2D eigenvalue weighted by Crippen LogP contribution is -2.60. The number of carbonyl (C=O) groups excluding carboxylic acids is 1. The van der Waals surface area contributed by atoms with E-state index < -0.39 is 101 Å². The molecular weight excluding hydrogens is 707 g/mol. The topological polar surface area (TPSA) is 306 Å². The van der Waals surface area contributed by atoms with Crippen LogP contribution in [0.2, 0.25) is 0 Å². The second-order valence-electron chi connectivity index (χ2n) is 8.44. The Hall–Kier alpha value is -1.14. The summed E-state index contributed by atoms with van der Waals surface area (Å²) < 4.78 is 49.0. The summed E-state index contributed by atoms with van der Waals surface area (Å²) in [5.74, 6) is -0.482. The molecule has 0 aliphatic carbocycles. The van der Waals surface area contributed by atoms with E-state index in [0.717, 1.165) is 16.8 Å². The zero-order valence-electron chi connectivity index (χ0n) is 19.9. The second-order valence-corrected chi connectivity index (χ2v) is 12.2. The maximum Gasteiger partial charge on any atom is 0.483 e. The number of rotatable bonds is 11. The zero-order valence-corrected chi connectivity index (χ0v) is 23.9. The van der Waals surface area contributed by atoms with E-state index in [1.807, 2.05) is 4.98 Å². The molecule has 2 fully saturated rings. The Morgan fingerprint density at radius 2 is 1.65 bits per heavy atom. The number of nitrogens with one attached hydrogen (secondary N) is 2. The van der Waals surface area contributed by atoms with Crippen molar-refractivity contribution >= 4 is 44.1 Å². The quantitative estimate of drug-likeness (QED) is 0.0591. The number of hydrogen-bond acceptors (Lipinski definition) is 15. The average molecular weight is 733 g/mol. The Bertz CT molecular complexity index is 1260. The maximum absolute atomic E-state index is 12.4. The first-order chi connectivity index (χ1) is 18.5. The van der Waals surface area contributed by atoms with Gasteiger partial charge in [0.15, 0.2) is 12.5 Å². The first kappa shape index (κ1) is 33.4. The number of amides is 1. The Morgan fingerprint density at radius 1 is 1.00 bits per heavy atom. The van der Waals surface area contributed by atoms with Crippen LogP contribution in [0.4, 0.5) is 0 Å². The number of aliphatic hydroxyl groups is 5. The van der Waals surface area contributed by atoms with Crippen molar-refractivity contribution in [2.75, 3.05) is 17.6 Å². The van der Waals surface area contributed by atoms with Gasteiger partial charge in [-0.05, 0) is 0 Å². The van der Waals surface area contributed by atoms with E-state index in [9.17, 15) is 58.8 Å². The van der Waals surface area contributed by atoms with Crippen LogP contribution in [0.15, 0.2) is 21.9 Å². The fraction of sp³-hybridized carbons (Fsp3) is 0.706. The van der Waals surface area contributed by atoms with Crippen molar-refractivity contribution in [1.82, 2.24) is 14.9 Å². The molecule has 1 aromatic heterocycles. The SMILES string of the molecule is O=C(CI)NCC1OC(OP(=O)(O)OP(=O)(O)OCC2OC(n3ccc(=O)[nH]c3=O)C(O)C2O)C(O)C(O)C1O. The minimum atomic E-state index is -5.63. The summed E-state index contributed by atoms with van der Waals surface area (Å²) in [5, 5.41) is 52.8. The largest absolute Gasteiger partial charge is 0.483 e. The molecule has 23 heteroatoms. The van der Waals surface area contributed by atoms with Crippen molar-refractivity contribution in [2.24, 2.45) is 0 Å². The summed E-state index contributed by atoms with van der Waals surface area (Å²) in [7, 11) is -11.1. The molecule has 0 aromatic carbocycles. The van der Waals surface area contributed by atoms with Crippen LogP contribution < -0.4 is 16.6 Å². The fourth-order valence-electron chi connectivity index (χ4n) is 3.63. The van der Waals surface area contributed by atoms with Gasteiger partial charge in [0.25, 0.3) is 5.56 Å². The van der Waals surface area contributed by atoms with E-state index in [1.54, 1.807) is 22.6 Å². The molecule has 11 unspecified atom stereocenters. The lowest BCUT2D eigenvalue weighted by atomic mass is 9.99. The van der Waals surface area contributed by atoms with Crippen LogP contribution in [0.5, 0.6) is 0 Å². The number of ether oxygens (including phenoxy) is 2. The number of aliphatic hydroxyl groups excluding tert-OH is 5. The number of hydrogen-bond donors (Lipinski definition) is 9. The first-order valence-electron chi connectivity index (χ1n) is 11.1. The molecule has 1 aromatic rings. The Morgan fingerprint density at radius 3 is 2.27 bits per heavy atom. The molecular formula is C17H26IN3O17P2. The van der Waals surface area contributed by atoms with Crippen LogP contribution in [-0.4, -0.2) is 117 Å². The zero-order chi connectivity index (χ0) is 30.0. The molecule has 1 amide bonds. The number of H-pyrrole nitrogens is 1. The van der Waals surface area contributed by atoms with Gasteiger partial charge in [0.05, 0.1) is 11.0 Å².